The number of ketones is 2. The summed E-state index contributed by atoms with van der Waals surface area (Å²) in [5, 5.41) is 1.22. The van der Waals surface area contributed by atoms with E-state index >= 15 is 0 Å². The molecule has 1 aromatic carbocycles. The summed E-state index contributed by atoms with van der Waals surface area (Å²) in [6.45, 7) is 5.41. The van der Waals surface area contributed by atoms with Gasteiger partial charge in [0.25, 0.3) is 0 Å². The number of nitrogens with zero attached hydrogens (tertiary/aromatic N) is 3. The van der Waals surface area contributed by atoms with Crippen molar-refractivity contribution in [2.24, 2.45) is 0 Å². The number of rotatable bonds is 3. The van der Waals surface area contributed by atoms with Gasteiger partial charge in [0.2, 0.25) is 11.6 Å². The summed E-state index contributed by atoms with van der Waals surface area (Å²) in [6, 6.07) is 8.11. The molecule has 0 aromatic heterocycles. The molecule has 3 fully saturated rings. The Kier molecular flexibility index (Phi) is 4.42. The van der Waals surface area contributed by atoms with Crippen LogP contribution in [-0.4, -0.2) is 65.5 Å². The minimum Gasteiger partial charge on any atom is -0.365 e. The maximum absolute atomic E-state index is 12.4. The van der Waals surface area contributed by atoms with Crippen molar-refractivity contribution in [3.05, 3.63) is 51.9 Å². The van der Waals surface area contributed by atoms with Crippen LogP contribution in [0.5, 0.6) is 0 Å². The van der Waals surface area contributed by atoms with Gasteiger partial charge in [0.15, 0.2) is 0 Å². The number of allylic oxidation sites excluding steroid dienone is 1. The number of Topliss-reactive ketones (excluding diaryl/α,β-unsaturated/α-hetero) is 1. The second-order valence-corrected chi connectivity index (χ2v) is 8.02. The first-order valence-electron chi connectivity index (χ1n) is 8.35. The maximum atomic E-state index is 12.4. The second kappa shape index (κ2) is 6.58. The molecule has 7 heteroatoms. The fraction of sp³-hybridized carbons (Fsp3) is 0.333. The maximum Gasteiger partial charge on any atom is 0.227 e. The summed E-state index contributed by atoms with van der Waals surface area (Å²) in [5.41, 5.74) is 1.89. The molecule has 4 aliphatic rings. The Morgan fingerprint density at radius 2 is 1.32 bits per heavy atom. The molecule has 1 unspecified atom stereocenters. The average molecular weight is 420 g/mol. The number of carbonyl (C=O) groups excluding carboxylic acids is 2. The van der Waals surface area contributed by atoms with E-state index in [1.807, 2.05) is 39.0 Å². The lowest BCUT2D eigenvalue weighted by Crippen LogP contribution is -2.29. The van der Waals surface area contributed by atoms with Crippen LogP contribution in [0.4, 0.5) is 0 Å². The van der Waals surface area contributed by atoms with Crippen LogP contribution in [-0.2, 0) is 9.59 Å². The van der Waals surface area contributed by atoms with Crippen molar-refractivity contribution >= 4 is 42.0 Å². The molecule has 3 heterocycles. The monoisotopic (exact) mass is 419 g/mol. The SMILES string of the molecule is O=C1C=C(N2CC2)C(=O)C(N2CC2)=C1N1CC1.Pc1ccc(Br)cc1. The van der Waals surface area contributed by atoms with E-state index in [4.69, 9.17) is 0 Å². The zero-order valence-electron chi connectivity index (χ0n) is 13.7. The first-order chi connectivity index (χ1) is 12.0. The van der Waals surface area contributed by atoms with Crippen LogP contribution < -0.4 is 5.30 Å². The molecule has 0 bridgehead atoms. The normalized spacial score (nSPS) is 21.0. The minimum absolute atomic E-state index is 0.00546. The highest BCUT2D eigenvalue weighted by Crippen LogP contribution is 2.33. The van der Waals surface area contributed by atoms with Crippen LogP contribution in [0.2, 0.25) is 0 Å². The van der Waals surface area contributed by atoms with Gasteiger partial charge in [0.05, 0.1) is 5.70 Å². The van der Waals surface area contributed by atoms with Crippen LogP contribution >= 0.6 is 25.2 Å². The topological polar surface area (TPSA) is 43.2 Å². The highest BCUT2D eigenvalue weighted by Gasteiger charge is 2.43. The van der Waals surface area contributed by atoms with Crippen molar-refractivity contribution in [1.29, 1.82) is 0 Å². The molecule has 3 aliphatic heterocycles. The fourth-order valence-electron chi connectivity index (χ4n) is 2.74. The lowest BCUT2D eigenvalue weighted by molar-refractivity contribution is -0.117. The highest BCUT2D eigenvalue weighted by atomic mass is 79.9. The minimum atomic E-state index is 0.00546. The Hall–Kier alpha value is -1.65. The quantitative estimate of drug-likeness (QED) is 0.417. The van der Waals surface area contributed by atoms with Crippen LogP contribution in [0, 0.1) is 0 Å². The molecule has 0 N–H and O–H groups in total. The molecule has 1 atom stereocenters. The molecule has 3 saturated heterocycles. The lowest BCUT2D eigenvalue weighted by Gasteiger charge is -2.21. The van der Waals surface area contributed by atoms with Gasteiger partial charge in [-0.05, 0) is 17.4 Å². The van der Waals surface area contributed by atoms with Gasteiger partial charge in [0, 0.05) is 49.8 Å². The number of benzene rings is 1. The van der Waals surface area contributed by atoms with Crippen LogP contribution in [0.3, 0.4) is 0 Å². The van der Waals surface area contributed by atoms with Crippen molar-refractivity contribution in [2.75, 3.05) is 39.3 Å². The van der Waals surface area contributed by atoms with Gasteiger partial charge in [0.1, 0.15) is 11.4 Å². The zero-order valence-corrected chi connectivity index (χ0v) is 16.5. The predicted octanol–water partition coefficient (Wildman–Crippen LogP) is 1.13. The number of halogens is 1. The fourth-order valence-corrected chi connectivity index (χ4v) is 3.20. The van der Waals surface area contributed by atoms with Gasteiger partial charge in [-0.25, -0.2) is 0 Å². The third-order valence-corrected chi connectivity index (χ3v) is 5.27. The Labute approximate surface area is 157 Å². The Balaban J connectivity index is 0.000000166. The van der Waals surface area contributed by atoms with E-state index in [0.717, 1.165) is 43.7 Å². The van der Waals surface area contributed by atoms with Gasteiger partial charge < -0.3 is 14.7 Å². The Morgan fingerprint density at radius 1 is 0.800 bits per heavy atom. The third-order valence-electron chi connectivity index (χ3n) is 4.36. The molecule has 25 heavy (non-hydrogen) atoms. The second-order valence-electron chi connectivity index (χ2n) is 6.43. The van der Waals surface area contributed by atoms with Crippen molar-refractivity contribution in [3.8, 4) is 0 Å². The zero-order chi connectivity index (χ0) is 17.6. The van der Waals surface area contributed by atoms with E-state index < -0.39 is 0 Å². The molecule has 0 spiro atoms. The van der Waals surface area contributed by atoms with Gasteiger partial charge >= 0.3 is 0 Å². The van der Waals surface area contributed by atoms with Crippen molar-refractivity contribution in [2.45, 2.75) is 0 Å². The molecule has 5 rings (SSSR count). The molecule has 0 saturated carbocycles. The van der Waals surface area contributed by atoms with Crippen LogP contribution in [0.25, 0.3) is 0 Å². The van der Waals surface area contributed by atoms with Crippen molar-refractivity contribution < 1.29 is 9.59 Å². The molecule has 1 aliphatic carbocycles. The van der Waals surface area contributed by atoms with E-state index in [-0.39, 0.29) is 11.6 Å². The van der Waals surface area contributed by atoms with Gasteiger partial charge in [-0.1, -0.05) is 28.1 Å². The number of hydrogen-bond acceptors (Lipinski definition) is 5. The summed E-state index contributed by atoms with van der Waals surface area (Å²) >= 11 is 3.34. The molecule has 0 amide bonds. The number of hydrogen-bond donors (Lipinski definition) is 0. The lowest BCUT2D eigenvalue weighted by atomic mass is 10.0. The summed E-state index contributed by atoms with van der Waals surface area (Å²) in [6.07, 6.45) is 1.52. The molecule has 130 valence electrons. The molecule has 0 radical (unpaired) electrons. The van der Waals surface area contributed by atoms with Crippen LogP contribution in [0.1, 0.15) is 0 Å². The van der Waals surface area contributed by atoms with Crippen molar-refractivity contribution in [1.82, 2.24) is 14.7 Å². The Morgan fingerprint density at radius 3 is 1.80 bits per heavy atom. The molecular weight excluding hydrogens is 401 g/mol. The van der Waals surface area contributed by atoms with Crippen LogP contribution in [0.15, 0.2) is 51.9 Å². The van der Waals surface area contributed by atoms with Gasteiger partial charge in [-0.3, -0.25) is 9.59 Å². The summed E-state index contributed by atoms with van der Waals surface area (Å²) in [5.74, 6) is 0.0485. The summed E-state index contributed by atoms with van der Waals surface area (Å²) in [4.78, 5) is 30.5. The van der Waals surface area contributed by atoms with Gasteiger partial charge in [-0.2, -0.15) is 0 Å². The largest absolute Gasteiger partial charge is 0.365 e. The molecule has 5 nitrogen and oxygen atoms in total. The average Bonchev–Trinajstić information content (AvgIpc) is 3.45. The van der Waals surface area contributed by atoms with Crippen molar-refractivity contribution in [3.63, 3.8) is 0 Å². The first-order valence-corrected chi connectivity index (χ1v) is 9.72. The van der Waals surface area contributed by atoms with E-state index in [1.165, 1.54) is 11.4 Å². The Bertz CT molecular complexity index is 770. The standard InChI is InChI=1S/C12H13N3O2.C6H6BrP/c16-9-7-8(13-1-2-13)12(17)11(15-5-6-15)10(9)14-3-4-14;7-5-1-3-6(8)4-2-5/h7H,1-6H2;1-4H,8H2. The number of carbonyl (C=O) groups is 2. The smallest absolute Gasteiger partial charge is 0.227 e. The van der Waals surface area contributed by atoms with E-state index in [1.54, 1.807) is 0 Å². The predicted molar refractivity (Wildman–Crippen MR) is 103 cm³/mol. The van der Waals surface area contributed by atoms with E-state index in [9.17, 15) is 9.59 Å². The highest BCUT2D eigenvalue weighted by molar-refractivity contribution is 9.10. The third kappa shape index (κ3) is 3.80. The summed E-state index contributed by atoms with van der Waals surface area (Å²) < 4.78 is 1.13. The van der Waals surface area contributed by atoms with E-state index in [0.29, 0.717) is 17.1 Å². The summed E-state index contributed by atoms with van der Waals surface area (Å²) in [7, 11) is 2.63. The molecular formula is C18H19BrN3O2P. The first kappa shape index (κ1) is 16.8. The molecule has 1 aromatic rings. The van der Waals surface area contributed by atoms with E-state index in [2.05, 4.69) is 25.2 Å². The van der Waals surface area contributed by atoms with Gasteiger partial charge in [-0.15, -0.1) is 9.24 Å².